The van der Waals surface area contributed by atoms with Gasteiger partial charge in [-0.05, 0) is 43.9 Å². The molecule has 1 aromatic carbocycles. The summed E-state index contributed by atoms with van der Waals surface area (Å²) in [6.07, 6.45) is 3.51. The van der Waals surface area contributed by atoms with Crippen LogP contribution in [-0.4, -0.2) is 25.6 Å². The molecule has 3 nitrogen and oxygen atoms in total. The van der Waals surface area contributed by atoms with Crippen LogP contribution in [0.5, 0.6) is 5.75 Å². The summed E-state index contributed by atoms with van der Waals surface area (Å²) >= 11 is 3.43. The number of carbonyl (C=O) groups excluding carboxylic acids is 1. The molecule has 1 aromatic rings. The van der Waals surface area contributed by atoms with E-state index < -0.39 is 0 Å². The minimum Gasteiger partial charge on any atom is -0.496 e. The van der Waals surface area contributed by atoms with Gasteiger partial charge in [0.15, 0.2) is 0 Å². The zero-order chi connectivity index (χ0) is 14.5. The van der Waals surface area contributed by atoms with Crippen LogP contribution in [0, 0.1) is 5.92 Å². The average molecular weight is 341 g/mol. The molecule has 20 heavy (non-hydrogen) atoms. The molecule has 0 atom stereocenters. The quantitative estimate of drug-likeness (QED) is 0.757. The van der Waals surface area contributed by atoms with E-state index >= 15 is 0 Å². The molecule has 0 saturated heterocycles. The smallest absolute Gasteiger partial charge is 0.137 e. The molecule has 1 aliphatic rings. The van der Waals surface area contributed by atoms with Crippen LogP contribution in [0.3, 0.4) is 0 Å². The maximum atomic E-state index is 12.1. The van der Waals surface area contributed by atoms with E-state index in [2.05, 4.69) is 15.9 Å². The van der Waals surface area contributed by atoms with Gasteiger partial charge < -0.3 is 9.47 Å². The Kier molecular flexibility index (Phi) is 5.61. The number of halogens is 1. The van der Waals surface area contributed by atoms with Crippen molar-refractivity contribution in [1.82, 2.24) is 0 Å². The number of hydrogen-bond acceptors (Lipinski definition) is 3. The van der Waals surface area contributed by atoms with Gasteiger partial charge in [0.2, 0.25) is 0 Å². The number of hydrogen-bond donors (Lipinski definition) is 0. The Morgan fingerprint density at radius 1 is 1.40 bits per heavy atom. The molecule has 0 aromatic heterocycles. The van der Waals surface area contributed by atoms with Gasteiger partial charge in [0.05, 0.1) is 13.2 Å². The third-order valence-electron chi connectivity index (χ3n) is 3.74. The summed E-state index contributed by atoms with van der Waals surface area (Å²) in [5, 5.41) is 0. The highest BCUT2D eigenvalue weighted by Gasteiger charge is 2.31. The molecular formula is C16H21BrO3. The predicted molar refractivity (Wildman–Crippen MR) is 82.2 cm³/mol. The van der Waals surface area contributed by atoms with Gasteiger partial charge in [0, 0.05) is 29.5 Å². The second-order valence-corrected chi connectivity index (χ2v) is 6.21. The van der Waals surface area contributed by atoms with Crippen molar-refractivity contribution in [3.8, 4) is 5.75 Å². The van der Waals surface area contributed by atoms with Crippen LogP contribution in [0.2, 0.25) is 0 Å². The normalized spacial score (nSPS) is 21.4. The molecule has 1 saturated carbocycles. The van der Waals surface area contributed by atoms with E-state index in [4.69, 9.17) is 9.47 Å². The fourth-order valence-electron chi connectivity index (χ4n) is 2.70. The minimum absolute atomic E-state index is 0.279. The molecule has 1 aliphatic carbocycles. The van der Waals surface area contributed by atoms with Crippen molar-refractivity contribution >= 4 is 21.7 Å². The largest absolute Gasteiger partial charge is 0.496 e. The maximum Gasteiger partial charge on any atom is 0.137 e. The maximum absolute atomic E-state index is 12.1. The number of Topliss-reactive ketones (excluding diaryl/α,β-unsaturated/α-hetero) is 1. The van der Waals surface area contributed by atoms with Gasteiger partial charge in [-0.3, -0.25) is 4.79 Å². The summed E-state index contributed by atoms with van der Waals surface area (Å²) in [5.41, 5.74) is 0.951. The van der Waals surface area contributed by atoms with Crippen molar-refractivity contribution in [3.05, 3.63) is 28.2 Å². The Hall–Kier alpha value is -0.870. The topological polar surface area (TPSA) is 35.5 Å². The third kappa shape index (κ3) is 4.06. The Balaban J connectivity index is 1.85. The molecule has 1 fully saturated rings. The van der Waals surface area contributed by atoms with Gasteiger partial charge in [-0.15, -0.1) is 0 Å². The molecule has 0 radical (unpaired) electrons. The number of benzene rings is 1. The highest BCUT2D eigenvalue weighted by atomic mass is 79.9. The van der Waals surface area contributed by atoms with Crippen molar-refractivity contribution in [3.63, 3.8) is 0 Å². The van der Waals surface area contributed by atoms with Gasteiger partial charge in [-0.1, -0.05) is 15.9 Å². The fourth-order valence-corrected chi connectivity index (χ4v) is 3.11. The summed E-state index contributed by atoms with van der Waals surface area (Å²) in [6.45, 7) is 2.78. The highest BCUT2D eigenvalue weighted by Crippen LogP contribution is 2.33. The summed E-state index contributed by atoms with van der Waals surface area (Å²) < 4.78 is 11.8. The van der Waals surface area contributed by atoms with Crippen LogP contribution < -0.4 is 4.74 Å². The zero-order valence-electron chi connectivity index (χ0n) is 12.0. The fraction of sp³-hybridized carbons (Fsp3) is 0.562. The van der Waals surface area contributed by atoms with E-state index in [0.29, 0.717) is 24.9 Å². The summed E-state index contributed by atoms with van der Waals surface area (Å²) in [5.74, 6) is 1.56. The Morgan fingerprint density at radius 3 is 2.80 bits per heavy atom. The monoisotopic (exact) mass is 340 g/mol. The lowest BCUT2D eigenvalue weighted by atomic mass is 9.78. The molecule has 0 N–H and O–H groups in total. The van der Waals surface area contributed by atoms with Crippen LogP contribution >= 0.6 is 15.9 Å². The van der Waals surface area contributed by atoms with Crippen molar-refractivity contribution in [2.24, 2.45) is 5.92 Å². The van der Waals surface area contributed by atoms with Crippen LogP contribution in [0.25, 0.3) is 0 Å². The molecular weight excluding hydrogens is 320 g/mol. The first kappa shape index (κ1) is 15.5. The number of ketones is 1. The van der Waals surface area contributed by atoms with Gasteiger partial charge in [0.25, 0.3) is 0 Å². The van der Waals surface area contributed by atoms with Gasteiger partial charge in [-0.25, -0.2) is 0 Å². The summed E-state index contributed by atoms with van der Waals surface area (Å²) in [4.78, 5) is 12.1. The molecule has 0 heterocycles. The van der Waals surface area contributed by atoms with Crippen LogP contribution in [0.15, 0.2) is 22.7 Å². The number of ether oxygens (including phenoxy) is 2. The molecule has 2 rings (SSSR count). The molecule has 0 unspecified atom stereocenters. The van der Waals surface area contributed by atoms with Gasteiger partial charge >= 0.3 is 0 Å². The van der Waals surface area contributed by atoms with Crippen molar-refractivity contribution in [2.75, 3.05) is 13.7 Å². The van der Waals surface area contributed by atoms with Gasteiger partial charge in [-0.2, -0.15) is 0 Å². The van der Waals surface area contributed by atoms with E-state index in [1.165, 1.54) is 0 Å². The number of rotatable bonds is 7. The lowest BCUT2D eigenvalue weighted by Gasteiger charge is -2.34. The molecule has 0 spiro atoms. The van der Waals surface area contributed by atoms with Gasteiger partial charge in [0.1, 0.15) is 11.5 Å². The Morgan fingerprint density at radius 2 is 2.15 bits per heavy atom. The van der Waals surface area contributed by atoms with Crippen molar-refractivity contribution < 1.29 is 14.3 Å². The average Bonchev–Trinajstić information content (AvgIpc) is 2.36. The van der Waals surface area contributed by atoms with Crippen molar-refractivity contribution in [2.45, 2.75) is 38.7 Å². The lowest BCUT2D eigenvalue weighted by Crippen LogP contribution is -2.33. The highest BCUT2D eigenvalue weighted by molar-refractivity contribution is 9.10. The zero-order valence-corrected chi connectivity index (χ0v) is 13.6. The van der Waals surface area contributed by atoms with Crippen LogP contribution in [0.1, 0.15) is 31.7 Å². The number of methoxy groups -OCH3 is 1. The number of carbonyl (C=O) groups is 1. The predicted octanol–water partition coefficient (Wildman–Crippen LogP) is 3.77. The molecule has 0 bridgehead atoms. The second kappa shape index (κ2) is 7.23. The standard InChI is InChI=1S/C16H21BrO3/c1-3-20-15-7-11(8-15)6-14(18)10-12-9-13(17)4-5-16(12)19-2/h4-5,9,11,15H,3,6-8,10H2,1-2H3. The van der Waals surface area contributed by atoms with Crippen LogP contribution in [-0.2, 0) is 16.0 Å². The van der Waals surface area contributed by atoms with Crippen LogP contribution in [0.4, 0.5) is 0 Å². The summed E-state index contributed by atoms with van der Waals surface area (Å²) in [7, 11) is 1.63. The van der Waals surface area contributed by atoms with E-state index in [1.807, 2.05) is 25.1 Å². The van der Waals surface area contributed by atoms with E-state index in [0.717, 1.165) is 35.2 Å². The first-order valence-corrected chi connectivity index (χ1v) is 7.87. The minimum atomic E-state index is 0.279. The van der Waals surface area contributed by atoms with Crippen molar-refractivity contribution in [1.29, 1.82) is 0 Å². The third-order valence-corrected chi connectivity index (χ3v) is 4.23. The van der Waals surface area contributed by atoms with E-state index in [-0.39, 0.29) is 5.78 Å². The van der Waals surface area contributed by atoms with E-state index in [1.54, 1.807) is 7.11 Å². The Labute approximate surface area is 128 Å². The molecule has 110 valence electrons. The first-order chi connectivity index (χ1) is 9.62. The lowest BCUT2D eigenvalue weighted by molar-refractivity contribution is -0.121. The van der Waals surface area contributed by atoms with E-state index in [9.17, 15) is 4.79 Å². The molecule has 0 amide bonds. The molecule has 0 aliphatic heterocycles. The molecule has 4 heteroatoms. The first-order valence-electron chi connectivity index (χ1n) is 7.08. The Bertz CT molecular complexity index is 467. The SMILES string of the molecule is CCOC1CC(CC(=O)Cc2cc(Br)ccc2OC)C1. The summed E-state index contributed by atoms with van der Waals surface area (Å²) in [6, 6.07) is 5.77. The second-order valence-electron chi connectivity index (χ2n) is 5.29.